The topological polar surface area (TPSA) is 67.9 Å². The second-order valence-corrected chi connectivity index (χ2v) is 5.42. The quantitative estimate of drug-likeness (QED) is 0.896. The molecule has 18 heavy (non-hydrogen) atoms. The minimum Gasteiger partial charge on any atom is -0.491 e. The highest BCUT2D eigenvalue weighted by Gasteiger charge is 2.12. The van der Waals surface area contributed by atoms with Gasteiger partial charge in [-0.1, -0.05) is 18.2 Å². The molecule has 0 unspecified atom stereocenters. The van der Waals surface area contributed by atoms with Gasteiger partial charge in [0.25, 0.3) is 0 Å². The molecule has 2 aromatic rings. The molecule has 2 rings (SSSR count). The Bertz CT molecular complexity index is 526. The minimum atomic E-state index is -1.24. The van der Waals surface area contributed by atoms with Crippen LogP contribution >= 0.6 is 0 Å². The molecule has 0 amide bonds. The third-order valence-electron chi connectivity index (χ3n) is 2.23. The Hall–Kier alpha value is -1.69. The molecule has 0 fully saturated rings. The molecule has 6 heteroatoms. The van der Waals surface area contributed by atoms with Gasteiger partial charge in [-0.05, 0) is 19.9 Å². The maximum atomic E-state index is 12.0. The zero-order valence-corrected chi connectivity index (χ0v) is 11.1. The first-order valence-electron chi connectivity index (χ1n) is 5.65. The lowest BCUT2D eigenvalue weighted by molar-refractivity contribution is 0.240. The van der Waals surface area contributed by atoms with Crippen LogP contribution in [0.4, 0.5) is 0 Å². The van der Waals surface area contributed by atoms with Crippen molar-refractivity contribution in [2.75, 3.05) is 0 Å². The molecule has 1 N–H and O–H groups in total. The molecule has 5 nitrogen and oxygen atoms in total. The number of H-pyrrole nitrogens is 1. The molecular formula is C12H15N3O2S. The lowest BCUT2D eigenvalue weighted by Crippen LogP contribution is -2.08. The van der Waals surface area contributed by atoms with E-state index in [4.69, 9.17) is 4.74 Å². The third kappa shape index (κ3) is 3.16. The molecule has 1 aromatic carbocycles. The second kappa shape index (κ2) is 5.77. The zero-order valence-electron chi connectivity index (χ0n) is 10.3. The molecule has 0 radical (unpaired) electrons. The monoisotopic (exact) mass is 265 g/mol. The Morgan fingerprint density at radius 2 is 2.17 bits per heavy atom. The summed E-state index contributed by atoms with van der Waals surface area (Å²) in [4.78, 5) is 3.90. The summed E-state index contributed by atoms with van der Waals surface area (Å²) in [7, 11) is -1.24. The smallest absolute Gasteiger partial charge is 0.214 e. The first-order valence-corrected chi connectivity index (χ1v) is 6.97. The number of nitrogens with zero attached hydrogens (tertiary/aromatic N) is 2. The molecule has 0 aliphatic rings. The van der Waals surface area contributed by atoms with Crippen LogP contribution < -0.4 is 4.74 Å². The van der Waals surface area contributed by atoms with Gasteiger partial charge >= 0.3 is 0 Å². The van der Waals surface area contributed by atoms with Gasteiger partial charge in [0, 0.05) is 5.56 Å². The molecule has 0 saturated heterocycles. The van der Waals surface area contributed by atoms with E-state index in [0.29, 0.717) is 10.9 Å². The summed E-state index contributed by atoms with van der Waals surface area (Å²) < 4.78 is 17.7. The van der Waals surface area contributed by atoms with E-state index in [1.54, 1.807) is 0 Å². The molecule has 0 spiro atoms. The molecule has 1 aromatic heterocycles. The fraction of sp³-hybridized carbons (Fsp3) is 0.333. The van der Waals surface area contributed by atoms with Crippen molar-refractivity contribution in [3.63, 3.8) is 0 Å². The molecule has 0 aliphatic heterocycles. The van der Waals surface area contributed by atoms with Crippen molar-refractivity contribution in [2.24, 2.45) is 0 Å². The summed E-state index contributed by atoms with van der Waals surface area (Å²) in [5.74, 6) is 1.12. The Morgan fingerprint density at radius 3 is 2.83 bits per heavy atom. The number of nitrogens with one attached hydrogen (secondary N) is 1. The number of aromatic nitrogens is 3. The van der Waals surface area contributed by atoms with Gasteiger partial charge in [0.1, 0.15) is 12.1 Å². The lowest BCUT2D eigenvalue weighted by Gasteiger charge is -2.13. The predicted molar refractivity (Wildman–Crippen MR) is 68.7 cm³/mol. The van der Waals surface area contributed by atoms with E-state index in [2.05, 4.69) is 15.2 Å². The van der Waals surface area contributed by atoms with Crippen LogP contribution in [0.5, 0.6) is 5.75 Å². The number of ether oxygens (including phenoxy) is 1. The fourth-order valence-electron chi connectivity index (χ4n) is 1.51. The van der Waals surface area contributed by atoms with E-state index in [-0.39, 0.29) is 6.10 Å². The number of rotatable bonds is 5. The van der Waals surface area contributed by atoms with Crippen molar-refractivity contribution in [1.82, 2.24) is 15.2 Å². The summed E-state index contributed by atoms with van der Waals surface area (Å²) >= 11 is 0. The van der Waals surface area contributed by atoms with E-state index >= 15 is 0 Å². The van der Waals surface area contributed by atoms with E-state index in [9.17, 15) is 4.21 Å². The summed E-state index contributed by atoms with van der Waals surface area (Å²) in [5, 5.41) is 6.69. The van der Waals surface area contributed by atoms with Crippen LogP contribution in [0.2, 0.25) is 0 Å². The average Bonchev–Trinajstić information content (AvgIpc) is 2.84. The largest absolute Gasteiger partial charge is 0.491 e. The summed E-state index contributed by atoms with van der Waals surface area (Å²) in [6, 6.07) is 7.59. The van der Waals surface area contributed by atoms with Crippen LogP contribution in [0, 0.1) is 0 Å². The van der Waals surface area contributed by atoms with Crippen LogP contribution in [0.15, 0.2) is 35.7 Å². The van der Waals surface area contributed by atoms with Gasteiger partial charge in [-0.2, -0.15) is 5.10 Å². The molecule has 96 valence electrons. The molecular weight excluding hydrogens is 250 g/mol. The normalized spacial score (nSPS) is 12.6. The van der Waals surface area contributed by atoms with Gasteiger partial charge in [-0.25, -0.2) is 4.98 Å². The van der Waals surface area contributed by atoms with Gasteiger partial charge in [0.05, 0.1) is 22.7 Å². The highest BCUT2D eigenvalue weighted by molar-refractivity contribution is 7.84. The Morgan fingerprint density at radius 1 is 1.39 bits per heavy atom. The van der Waals surface area contributed by atoms with E-state index in [1.165, 1.54) is 6.33 Å². The van der Waals surface area contributed by atoms with Crippen molar-refractivity contribution in [3.05, 3.63) is 36.2 Å². The van der Waals surface area contributed by atoms with E-state index < -0.39 is 10.8 Å². The SMILES string of the molecule is CC(C)Oc1ccccc1C[S@](=O)c1ncn[nH]1. The van der Waals surface area contributed by atoms with Crippen molar-refractivity contribution in [2.45, 2.75) is 30.9 Å². The number of hydrogen-bond acceptors (Lipinski definition) is 4. The minimum absolute atomic E-state index is 0.0878. The lowest BCUT2D eigenvalue weighted by atomic mass is 10.2. The van der Waals surface area contributed by atoms with Gasteiger partial charge < -0.3 is 4.74 Å². The zero-order chi connectivity index (χ0) is 13.0. The molecule has 0 saturated carbocycles. The second-order valence-electron chi connectivity index (χ2n) is 4.05. The van der Waals surface area contributed by atoms with Gasteiger partial charge in [-0.3, -0.25) is 9.31 Å². The fourth-order valence-corrected chi connectivity index (χ4v) is 2.48. The summed E-state index contributed by atoms with van der Waals surface area (Å²) in [6.45, 7) is 3.92. The van der Waals surface area contributed by atoms with Crippen LogP contribution in [-0.2, 0) is 16.6 Å². The van der Waals surface area contributed by atoms with Crippen molar-refractivity contribution >= 4 is 10.8 Å². The molecule has 1 atom stereocenters. The van der Waals surface area contributed by atoms with Crippen LogP contribution in [-0.4, -0.2) is 25.5 Å². The van der Waals surface area contributed by atoms with Gasteiger partial charge in [0.2, 0.25) is 5.16 Å². The summed E-state index contributed by atoms with van der Waals surface area (Å²) in [5.41, 5.74) is 0.904. The molecule has 0 bridgehead atoms. The molecule has 0 aliphatic carbocycles. The van der Waals surface area contributed by atoms with Crippen LogP contribution in [0.25, 0.3) is 0 Å². The van der Waals surface area contributed by atoms with Crippen LogP contribution in [0.3, 0.4) is 0 Å². The van der Waals surface area contributed by atoms with Crippen molar-refractivity contribution < 1.29 is 8.95 Å². The highest BCUT2D eigenvalue weighted by atomic mass is 32.2. The summed E-state index contributed by atoms with van der Waals surface area (Å²) in [6.07, 6.45) is 1.44. The Kier molecular flexibility index (Phi) is 4.09. The third-order valence-corrected chi connectivity index (χ3v) is 3.43. The van der Waals surface area contributed by atoms with Crippen molar-refractivity contribution in [3.8, 4) is 5.75 Å². The maximum Gasteiger partial charge on any atom is 0.214 e. The Balaban J connectivity index is 2.16. The van der Waals surface area contributed by atoms with Gasteiger partial charge in [0.15, 0.2) is 0 Å². The van der Waals surface area contributed by atoms with Crippen LogP contribution in [0.1, 0.15) is 19.4 Å². The van der Waals surface area contributed by atoms with E-state index in [1.807, 2.05) is 38.1 Å². The van der Waals surface area contributed by atoms with Crippen molar-refractivity contribution in [1.29, 1.82) is 0 Å². The standard InChI is InChI=1S/C12H15N3O2S/c1-9(2)17-11-6-4-3-5-10(11)7-18(16)12-13-8-14-15-12/h3-6,8-9H,7H2,1-2H3,(H,13,14,15)/t18-/m0/s1. The first-order chi connectivity index (χ1) is 8.66. The maximum absolute atomic E-state index is 12.0. The Labute approximate surface area is 108 Å². The van der Waals surface area contributed by atoms with Gasteiger partial charge in [-0.15, -0.1) is 0 Å². The molecule has 1 heterocycles. The number of aromatic amines is 1. The van der Waals surface area contributed by atoms with E-state index in [0.717, 1.165) is 11.3 Å². The number of benzene rings is 1. The first kappa shape index (κ1) is 12.8. The number of para-hydroxylation sites is 1. The number of hydrogen-bond donors (Lipinski definition) is 1. The highest BCUT2D eigenvalue weighted by Crippen LogP contribution is 2.21. The predicted octanol–water partition coefficient (Wildman–Crippen LogP) is 1.90. The average molecular weight is 265 g/mol.